The van der Waals surface area contributed by atoms with Crippen LogP contribution in [-0.2, 0) is 4.74 Å². The van der Waals surface area contributed by atoms with Crippen molar-refractivity contribution >= 4 is 34.2 Å². The summed E-state index contributed by atoms with van der Waals surface area (Å²) in [7, 11) is 1.70. The molecule has 0 spiro atoms. The second-order valence-corrected chi connectivity index (χ2v) is 5.12. The van der Waals surface area contributed by atoms with Gasteiger partial charge in [-0.3, -0.25) is 11.3 Å². The molecule has 0 aromatic heterocycles. The lowest BCUT2D eigenvalue weighted by Crippen LogP contribution is -2.28. The van der Waals surface area contributed by atoms with Gasteiger partial charge < -0.3 is 4.74 Å². The molecule has 3 nitrogen and oxygen atoms in total. The van der Waals surface area contributed by atoms with E-state index < -0.39 is 0 Å². The number of ether oxygens (including phenoxy) is 1. The van der Waals surface area contributed by atoms with E-state index in [2.05, 4.69) is 28.0 Å². The number of nitrogens with one attached hydrogen (secondary N) is 1. The Balaban J connectivity index is 2.73. The Kier molecular flexibility index (Phi) is 6.60. The maximum atomic E-state index is 5.98. The van der Waals surface area contributed by atoms with Crippen molar-refractivity contribution in [3.05, 3.63) is 32.4 Å². The minimum atomic E-state index is 0.126. The molecule has 1 rings (SSSR count). The largest absolute Gasteiger partial charge is 0.385 e. The monoisotopic (exact) mass is 354 g/mol. The predicted molar refractivity (Wildman–Crippen MR) is 75.3 cm³/mol. The smallest absolute Gasteiger partial charge is 0.0471 e. The number of rotatable bonds is 6. The highest BCUT2D eigenvalue weighted by atomic mass is 127. The van der Waals surface area contributed by atoms with Gasteiger partial charge in [-0.2, -0.15) is 0 Å². The number of halogens is 2. The van der Waals surface area contributed by atoms with Crippen molar-refractivity contribution in [2.45, 2.75) is 18.9 Å². The summed E-state index contributed by atoms with van der Waals surface area (Å²) in [5, 5.41) is 0.738. The molecule has 0 saturated carbocycles. The molecule has 1 aromatic carbocycles. The van der Waals surface area contributed by atoms with E-state index in [0.717, 1.165) is 30.0 Å². The highest BCUT2D eigenvalue weighted by molar-refractivity contribution is 14.1. The van der Waals surface area contributed by atoms with Gasteiger partial charge in [0.15, 0.2) is 0 Å². The standard InChI is InChI=1S/C11H16ClIN2O/c1-16-6-2-3-11(15-14)9-7-8(12)4-5-10(9)13/h4-5,7,11,15H,2-3,6,14H2,1H3. The first kappa shape index (κ1) is 14.2. The van der Waals surface area contributed by atoms with Crippen molar-refractivity contribution < 1.29 is 4.74 Å². The second kappa shape index (κ2) is 7.45. The van der Waals surface area contributed by atoms with E-state index in [9.17, 15) is 0 Å². The molecule has 0 bridgehead atoms. The summed E-state index contributed by atoms with van der Waals surface area (Å²) < 4.78 is 6.20. The SMILES string of the molecule is COCCCC(NN)c1cc(Cl)ccc1I. The van der Waals surface area contributed by atoms with Gasteiger partial charge in [0.25, 0.3) is 0 Å². The van der Waals surface area contributed by atoms with Crippen LogP contribution in [0, 0.1) is 3.57 Å². The van der Waals surface area contributed by atoms with Gasteiger partial charge in [0.1, 0.15) is 0 Å². The van der Waals surface area contributed by atoms with E-state index in [1.165, 1.54) is 3.57 Å². The van der Waals surface area contributed by atoms with Crippen molar-refractivity contribution in [1.29, 1.82) is 0 Å². The first-order chi connectivity index (χ1) is 7.69. The molecule has 16 heavy (non-hydrogen) atoms. The summed E-state index contributed by atoms with van der Waals surface area (Å²) in [6.07, 6.45) is 1.90. The number of nitrogens with two attached hydrogens (primary N) is 1. The van der Waals surface area contributed by atoms with Crippen LogP contribution in [0.2, 0.25) is 5.02 Å². The maximum Gasteiger partial charge on any atom is 0.0471 e. The third-order valence-corrected chi connectivity index (χ3v) is 3.59. The Morgan fingerprint density at radius 2 is 2.31 bits per heavy atom. The van der Waals surface area contributed by atoms with Crippen molar-refractivity contribution in [3.63, 3.8) is 0 Å². The highest BCUT2D eigenvalue weighted by Crippen LogP contribution is 2.26. The average Bonchev–Trinajstić information content (AvgIpc) is 2.28. The lowest BCUT2D eigenvalue weighted by molar-refractivity contribution is 0.188. The van der Waals surface area contributed by atoms with Gasteiger partial charge >= 0.3 is 0 Å². The molecule has 90 valence electrons. The second-order valence-electron chi connectivity index (χ2n) is 3.52. The zero-order chi connectivity index (χ0) is 12.0. The Morgan fingerprint density at radius 3 is 2.94 bits per heavy atom. The van der Waals surface area contributed by atoms with Crippen LogP contribution in [0.1, 0.15) is 24.4 Å². The molecule has 0 heterocycles. The Morgan fingerprint density at radius 1 is 1.56 bits per heavy atom. The molecule has 5 heteroatoms. The van der Waals surface area contributed by atoms with Crippen LogP contribution in [0.25, 0.3) is 0 Å². The van der Waals surface area contributed by atoms with Crippen LogP contribution in [0.3, 0.4) is 0 Å². The third-order valence-electron chi connectivity index (χ3n) is 2.38. The van der Waals surface area contributed by atoms with Crippen molar-refractivity contribution in [3.8, 4) is 0 Å². The highest BCUT2D eigenvalue weighted by Gasteiger charge is 2.13. The molecule has 0 aliphatic heterocycles. The summed E-state index contributed by atoms with van der Waals surface area (Å²) in [6.45, 7) is 0.745. The third kappa shape index (κ3) is 4.18. The first-order valence-electron chi connectivity index (χ1n) is 5.09. The normalized spacial score (nSPS) is 12.8. The summed E-state index contributed by atoms with van der Waals surface area (Å²) in [5.41, 5.74) is 3.97. The molecule has 1 atom stereocenters. The van der Waals surface area contributed by atoms with E-state index in [4.69, 9.17) is 22.2 Å². The molecule has 3 N–H and O–H groups in total. The molecule has 0 radical (unpaired) electrons. The molecule has 0 aliphatic carbocycles. The van der Waals surface area contributed by atoms with E-state index in [0.29, 0.717) is 0 Å². The number of benzene rings is 1. The fraction of sp³-hybridized carbons (Fsp3) is 0.455. The predicted octanol–water partition coefficient (Wildman–Crippen LogP) is 2.88. The van der Waals surface area contributed by atoms with Crippen molar-refractivity contribution in [1.82, 2.24) is 5.43 Å². The van der Waals surface area contributed by atoms with Crippen LogP contribution >= 0.6 is 34.2 Å². The van der Waals surface area contributed by atoms with E-state index in [-0.39, 0.29) is 6.04 Å². The molecule has 1 unspecified atom stereocenters. The van der Waals surface area contributed by atoms with Gasteiger partial charge in [0.05, 0.1) is 0 Å². The quantitative estimate of drug-likeness (QED) is 0.357. The van der Waals surface area contributed by atoms with Gasteiger partial charge in [0, 0.05) is 28.4 Å². The van der Waals surface area contributed by atoms with Gasteiger partial charge in [-0.15, -0.1) is 0 Å². The summed E-state index contributed by atoms with van der Waals surface area (Å²) in [6, 6.07) is 5.97. The molecule has 0 fully saturated rings. The lowest BCUT2D eigenvalue weighted by Gasteiger charge is -2.18. The number of methoxy groups -OCH3 is 1. The van der Waals surface area contributed by atoms with Crippen LogP contribution < -0.4 is 11.3 Å². The van der Waals surface area contributed by atoms with Gasteiger partial charge in [-0.1, -0.05) is 11.6 Å². The fourth-order valence-corrected chi connectivity index (χ4v) is 2.43. The van der Waals surface area contributed by atoms with Crippen LogP contribution in [0.4, 0.5) is 0 Å². The molecular formula is C11H16ClIN2O. The van der Waals surface area contributed by atoms with Gasteiger partial charge in [-0.25, -0.2) is 0 Å². The first-order valence-corrected chi connectivity index (χ1v) is 6.54. The number of hydrogen-bond acceptors (Lipinski definition) is 3. The fourth-order valence-electron chi connectivity index (χ4n) is 1.54. The summed E-state index contributed by atoms with van der Waals surface area (Å²) >= 11 is 8.27. The Labute approximate surface area is 115 Å². The zero-order valence-corrected chi connectivity index (χ0v) is 12.1. The average molecular weight is 355 g/mol. The molecular weight excluding hydrogens is 338 g/mol. The molecule has 0 amide bonds. The van der Waals surface area contributed by atoms with E-state index >= 15 is 0 Å². The van der Waals surface area contributed by atoms with Gasteiger partial charge in [0.2, 0.25) is 0 Å². The maximum absolute atomic E-state index is 5.98. The van der Waals surface area contributed by atoms with Crippen molar-refractivity contribution in [2.75, 3.05) is 13.7 Å². The zero-order valence-electron chi connectivity index (χ0n) is 9.17. The Bertz CT molecular complexity index is 336. The topological polar surface area (TPSA) is 47.3 Å². The van der Waals surface area contributed by atoms with Crippen LogP contribution in [0.15, 0.2) is 18.2 Å². The number of hydrogen-bond donors (Lipinski definition) is 2. The molecule has 0 aliphatic rings. The lowest BCUT2D eigenvalue weighted by atomic mass is 10.0. The Hall–Kier alpha value is 0.120. The van der Waals surface area contributed by atoms with Gasteiger partial charge in [-0.05, 0) is 59.2 Å². The minimum Gasteiger partial charge on any atom is -0.385 e. The minimum absolute atomic E-state index is 0.126. The number of hydrazine groups is 1. The van der Waals surface area contributed by atoms with E-state index in [1.54, 1.807) is 7.11 Å². The van der Waals surface area contributed by atoms with E-state index in [1.807, 2.05) is 18.2 Å². The molecule has 1 aromatic rings. The van der Waals surface area contributed by atoms with Crippen LogP contribution in [0.5, 0.6) is 0 Å². The molecule has 0 saturated heterocycles. The summed E-state index contributed by atoms with van der Waals surface area (Å²) in [5.74, 6) is 5.57. The van der Waals surface area contributed by atoms with Crippen molar-refractivity contribution in [2.24, 2.45) is 5.84 Å². The van der Waals surface area contributed by atoms with Crippen LogP contribution in [-0.4, -0.2) is 13.7 Å². The summed E-state index contributed by atoms with van der Waals surface area (Å²) in [4.78, 5) is 0.